The Morgan fingerprint density at radius 2 is 1.87 bits per heavy atom. The first-order chi connectivity index (χ1) is 11.3. The van der Waals surface area contributed by atoms with Crippen molar-refractivity contribution in [3.63, 3.8) is 0 Å². The van der Waals surface area contributed by atoms with Crippen molar-refractivity contribution in [1.82, 2.24) is 20.0 Å². The van der Waals surface area contributed by atoms with Crippen LogP contribution < -0.4 is 0 Å². The third-order valence-corrected chi connectivity index (χ3v) is 4.34. The van der Waals surface area contributed by atoms with Crippen molar-refractivity contribution in [2.24, 2.45) is 0 Å². The number of methoxy groups -OCH3 is 1. The molecule has 1 aromatic heterocycles. The van der Waals surface area contributed by atoms with Gasteiger partial charge in [-0.25, -0.2) is 0 Å². The fourth-order valence-electron chi connectivity index (χ4n) is 2.64. The van der Waals surface area contributed by atoms with E-state index in [-0.39, 0.29) is 0 Å². The topological polar surface area (TPSA) is 54.6 Å². The first-order valence-corrected chi connectivity index (χ1v) is 8.15. The van der Waals surface area contributed by atoms with Crippen LogP contribution in [0, 0.1) is 0 Å². The van der Waals surface area contributed by atoms with Crippen LogP contribution >= 0.6 is 11.6 Å². The molecule has 0 radical (unpaired) electrons. The first kappa shape index (κ1) is 16.4. The molecule has 23 heavy (non-hydrogen) atoms. The number of aromatic nitrogens is 2. The predicted molar refractivity (Wildman–Crippen MR) is 88.3 cm³/mol. The van der Waals surface area contributed by atoms with Crippen LogP contribution in [-0.4, -0.2) is 66.4 Å². The van der Waals surface area contributed by atoms with Gasteiger partial charge in [0.15, 0.2) is 0 Å². The van der Waals surface area contributed by atoms with Gasteiger partial charge in [0, 0.05) is 39.8 Å². The molecule has 7 heteroatoms. The number of halogens is 1. The third-order valence-electron chi connectivity index (χ3n) is 4.01. The van der Waals surface area contributed by atoms with E-state index >= 15 is 0 Å². The van der Waals surface area contributed by atoms with Crippen LogP contribution in [0.5, 0.6) is 0 Å². The van der Waals surface area contributed by atoms with Crippen LogP contribution in [-0.2, 0) is 11.3 Å². The summed E-state index contributed by atoms with van der Waals surface area (Å²) in [4.78, 5) is 4.73. The van der Waals surface area contributed by atoms with Crippen molar-refractivity contribution in [3.8, 4) is 11.5 Å². The normalized spacial score (nSPS) is 16.8. The maximum Gasteiger partial charge on any atom is 0.249 e. The molecule has 0 saturated carbocycles. The van der Waals surface area contributed by atoms with Gasteiger partial charge in [-0.1, -0.05) is 23.7 Å². The van der Waals surface area contributed by atoms with Crippen LogP contribution in [0.1, 0.15) is 5.89 Å². The molecule has 3 rings (SSSR count). The molecule has 1 fully saturated rings. The van der Waals surface area contributed by atoms with Crippen molar-refractivity contribution < 1.29 is 9.15 Å². The highest BCUT2D eigenvalue weighted by atomic mass is 35.5. The first-order valence-electron chi connectivity index (χ1n) is 7.77. The molecular formula is C16H21ClN4O2. The van der Waals surface area contributed by atoms with Gasteiger partial charge in [-0.05, 0) is 12.1 Å². The van der Waals surface area contributed by atoms with Crippen molar-refractivity contribution in [3.05, 3.63) is 35.2 Å². The number of hydrogen-bond donors (Lipinski definition) is 0. The van der Waals surface area contributed by atoms with E-state index in [0.29, 0.717) is 23.3 Å². The third kappa shape index (κ3) is 4.29. The van der Waals surface area contributed by atoms with Crippen molar-refractivity contribution in [2.45, 2.75) is 6.54 Å². The van der Waals surface area contributed by atoms with E-state index in [1.807, 2.05) is 24.3 Å². The SMILES string of the molecule is COCCN1CCN(Cc2nnc(-c3ccccc3Cl)o2)CC1. The molecule has 0 unspecified atom stereocenters. The molecule has 6 nitrogen and oxygen atoms in total. The summed E-state index contributed by atoms with van der Waals surface area (Å²) < 4.78 is 10.9. The van der Waals surface area contributed by atoms with Crippen LogP contribution in [0.3, 0.4) is 0 Å². The fraction of sp³-hybridized carbons (Fsp3) is 0.500. The molecule has 1 aliphatic rings. The number of ether oxygens (including phenoxy) is 1. The number of rotatable bonds is 6. The highest BCUT2D eigenvalue weighted by molar-refractivity contribution is 6.33. The zero-order valence-corrected chi connectivity index (χ0v) is 14.0. The molecule has 0 atom stereocenters. The van der Waals surface area contributed by atoms with E-state index in [2.05, 4.69) is 20.0 Å². The number of nitrogens with zero attached hydrogens (tertiary/aromatic N) is 4. The summed E-state index contributed by atoms with van der Waals surface area (Å²) in [6.07, 6.45) is 0. The van der Waals surface area contributed by atoms with Gasteiger partial charge in [0.1, 0.15) is 0 Å². The van der Waals surface area contributed by atoms with E-state index in [0.717, 1.165) is 44.9 Å². The zero-order chi connectivity index (χ0) is 16.1. The molecule has 1 saturated heterocycles. The standard InChI is InChI=1S/C16H21ClN4O2/c1-22-11-10-20-6-8-21(9-7-20)12-15-18-19-16(23-15)13-4-2-3-5-14(13)17/h2-5H,6-12H2,1H3. The molecule has 2 heterocycles. The number of piperazine rings is 1. The minimum Gasteiger partial charge on any atom is -0.419 e. The largest absolute Gasteiger partial charge is 0.419 e. The molecule has 124 valence electrons. The monoisotopic (exact) mass is 336 g/mol. The van der Waals surface area contributed by atoms with Crippen LogP contribution in [0.15, 0.2) is 28.7 Å². The van der Waals surface area contributed by atoms with E-state index in [1.54, 1.807) is 7.11 Å². The lowest BCUT2D eigenvalue weighted by Crippen LogP contribution is -2.46. The number of hydrogen-bond acceptors (Lipinski definition) is 6. The lowest BCUT2D eigenvalue weighted by molar-refractivity contribution is 0.0897. The van der Waals surface area contributed by atoms with E-state index in [4.69, 9.17) is 20.8 Å². The Labute approximate surface area is 141 Å². The smallest absolute Gasteiger partial charge is 0.249 e. The minimum atomic E-state index is 0.476. The molecular weight excluding hydrogens is 316 g/mol. The van der Waals surface area contributed by atoms with Gasteiger partial charge in [-0.2, -0.15) is 0 Å². The lowest BCUT2D eigenvalue weighted by atomic mass is 10.2. The van der Waals surface area contributed by atoms with Gasteiger partial charge in [-0.3, -0.25) is 9.80 Å². The summed E-state index contributed by atoms with van der Waals surface area (Å²) in [5.41, 5.74) is 0.775. The lowest BCUT2D eigenvalue weighted by Gasteiger charge is -2.33. The zero-order valence-electron chi connectivity index (χ0n) is 13.2. The van der Waals surface area contributed by atoms with E-state index < -0.39 is 0 Å². The number of benzene rings is 1. The average molecular weight is 337 g/mol. The maximum atomic E-state index is 6.16. The Morgan fingerprint density at radius 1 is 1.13 bits per heavy atom. The van der Waals surface area contributed by atoms with Crippen LogP contribution in [0.25, 0.3) is 11.5 Å². The van der Waals surface area contributed by atoms with Crippen molar-refractivity contribution >= 4 is 11.6 Å². The second-order valence-electron chi connectivity index (χ2n) is 5.59. The summed E-state index contributed by atoms with van der Waals surface area (Å²) in [5.74, 6) is 1.11. The van der Waals surface area contributed by atoms with Gasteiger partial charge in [0.25, 0.3) is 0 Å². The molecule has 0 amide bonds. The van der Waals surface area contributed by atoms with Crippen LogP contribution in [0.4, 0.5) is 0 Å². The second kappa shape index (κ2) is 7.88. The predicted octanol–water partition coefficient (Wildman–Crippen LogP) is 2.15. The summed E-state index contributed by atoms with van der Waals surface area (Å²) >= 11 is 6.16. The van der Waals surface area contributed by atoms with Gasteiger partial charge in [-0.15, -0.1) is 10.2 Å². The molecule has 0 N–H and O–H groups in total. The highest BCUT2D eigenvalue weighted by Crippen LogP contribution is 2.26. The summed E-state index contributed by atoms with van der Waals surface area (Å²) in [6, 6.07) is 7.49. The minimum absolute atomic E-state index is 0.476. The Morgan fingerprint density at radius 3 is 2.61 bits per heavy atom. The highest BCUT2D eigenvalue weighted by Gasteiger charge is 2.19. The summed E-state index contributed by atoms with van der Waals surface area (Å²) in [6.45, 7) is 6.51. The van der Waals surface area contributed by atoms with Gasteiger partial charge < -0.3 is 9.15 Å². The Balaban J connectivity index is 1.55. The quantitative estimate of drug-likeness (QED) is 0.805. The molecule has 1 aliphatic heterocycles. The van der Waals surface area contributed by atoms with Gasteiger partial charge in [0.2, 0.25) is 11.8 Å². The Kier molecular flexibility index (Phi) is 5.61. The summed E-state index contributed by atoms with van der Waals surface area (Å²) in [5, 5.41) is 8.88. The second-order valence-corrected chi connectivity index (χ2v) is 6.00. The fourth-order valence-corrected chi connectivity index (χ4v) is 2.86. The summed E-state index contributed by atoms with van der Waals surface area (Å²) in [7, 11) is 1.74. The molecule has 1 aromatic carbocycles. The maximum absolute atomic E-state index is 6.16. The van der Waals surface area contributed by atoms with Crippen LogP contribution in [0.2, 0.25) is 5.02 Å². The average Bonchev–Trinajstić information content (AvgIpc) is 3.03. The van der Waals surface area contributed by atoms with E-state index in [9.17, 15) is 0 Å². The Hall–Kier alpha value is -1.47. The molecule has 0 aliphatic carbocycles. The van der Waals surface area contributed by atoms with Crippen molar-refractivity contribution in [1.29, 1.82) is 0 Å². The molecule has 0 spiro atoms. The molecule has 2 aromatic rings. The van der Waals surface area contributed by atoms with Crippen molar-refractivity contribution in [2.75, 3.05) is 46.4 Å². The van der Waals surface area contributed by atoms with E-state index in [1.165, 1.54) is 0 Å². The molecule has 0 bridgehead atoms. The van der Waals surface area contributed by atoms with Gasteiger partial charge in [0.05, 0.1) is 23.7 Å². The Bertz CT molecular complexity index is 626. The van der Waals surface area contributed by atoms with Gasteiger partial charge >= 0.3 is 0 Å².